The van der Waals surface area contributed by atoms with Gasteiger partial charge in [0.05, 0.1) is 24.7 Å². The predicted molar refractivity (Wildman–Crippen MR) is 101 cm³/mol. The van der Waals surface area contributed by atoms with Crippen molar-refractivity contribution >= 4 is 0 Å². The van der Waals surface area contributed by atoms with Crippen LogP contribution in [0.5, 0.6) is 5.75 Å². The Hall–Kier alpha value is -3.33. The minimum Gasteiger partial charge on any atom is -0.497 e. The maximum atomic E-state index is 5.27. The van der Waals surface area contributed by atoms with E-state index in [0.29, 0.717) is 0 Å². The topological polar surface area (TPSA) is 27.1 Å². The molecule has 0 unspecified atom stereocenters. The maximum absolute atomic E-state index is 5.27. The van der Waals surface area contributed by atoms with Crippen molar-refractivity contribution in [2.45, 2.75) is 0 Å². The Morgan fingerprint density at radius 1 is 0.720 bits per heavy atom. The SMILES string of the molecule is COc1ccc(-c2ccccc2-n2nccc2-c2ccccc2)cc1. The second-order valence-electron chi connectivity index (χ2n) is 5.74. The van der Waals surface area contributed by atoms with E-state index in [1.807, 2.05) is 53.3 Å². The highest BCUT2D eigenvalue weighted by atomic mass is 16.5. The smallest absolute Gasteiger partial charge is 0.118 e. The zero-order valence-electron chi connectivity index (χ0n) is 14.0. The lowest BCUT2D eigenvalue weighted by Crippen LogP contribution is -2.01. The van der Waals surface area contributed by atoms with E-state index in [1.165, 1.54) is 0 Å². The fourth-order valence-electron chi connectivity index (χ4n) is 3.00. The molecule has 4 rings (SSSR count). The predicted octanol–water partition coefficient (Wildman–Crippen LogP) is 5.21. The Labute approximate surface area is 147 Å². The lowest BCUT2D eigenvalue weighted by Gasteiger charge is -2.13. The number of hydrogen-bond donors (Lipinski definition) is 0. The van der Waals surface area contributed by atoms with Gasteiger partial charge in [-0.15, -0.1) is 0 Å². The number of methoxy groups -OCH3 is 1. The quantitative estimate of drug-likeness (QED) is 0.514. The maximum Gasteiger partial charge on any atom is 0.118 e. The van der Waals surface area contributed by atoms with E-state index in [1.54, 1.807) is 7.11 Å². The number of nitrogens with zero attached hydrogens (tertiary/aromatic N) is 2. The molecule has 3 nitrogen and oxygen atoms in total. The zero-order chi connectivity index (χ0) is 17.1. The van der Waals surface area contributed by atoms with Gasteiger partial charge in [0, 0.05) is 11.1 Å². The van der Waals surface area contributed by atoms with E-state index in [-0.39, 0.29) is 0 Å². The van der Waals surface area contributed by atoms with Crippen LogP contribution in [-0.4, -0.2) is 16.9 Å². The fraction of sp³-hybridized carbons (Fsp3) is 0.0455. The molecule has 0 aliphatic heterocycles. The molecule has 0 aliphatic rings. The first-order valence-corrected chi connectivity index (χ1v) is 8.20. The Balaban J connectivity index is 1.84. The molecule has 0 spiro atoms. The second-order valence-corrected chi connectivity index (χ2v) is 5.74. The molecule has 3 aromatic carbocycles. The van der Waals surface area contributed by atoms with Crippen molar-refractivity contribution in [1.82, 2.24) is 9.78 Å². The number of aromatic nitrogens is 2. The molecule has 4 aromatic rings. The average molecular weight is 326 g/mol. The first-order chi connectivity index (χ1) is 12.4. The number of ether oxygens (including phenoxy) is 1. The molecule has 0 aliphatic carbocycles. The summed E-state index contributed by atoms with van der Waals surface area (Å²) in [5.74, 6) is 0.852. The summed E-state index contributed by atoms with van der Waals surface area (Å²) in [6.45, 7) is 0. The van der Waals surface area contributed by atoms with E-state index >= 15 is 0 Å². The summed E-state index contributed by atoms with van der Waals surface area (Å²) < 4.78 is 7.26. The minimum atomic E-state index is 0.852. The van der Waals surface area contributed by atoms with Crippen LogP contribution in [0.3, 0.4) is 0 Å². The third kappa shape index (κ3) is 2.92. The van der Waals surface area contributed by atoms with Crippen LogP contribution in [0.25, 0.3) is 28.1 Å². The van der Waals surface area contributed by atoms with Gasteiger partial charge in [0.1, 0.15) is 5.75 Å². The first-order valence-electron chi connectivity index (χ1n) is 8.20. The molecular weight excluding hydrogens is 308 g/mol. The van der Waals surface area contributed by atoms with Gasteiger partial charge in [-0.1, -0.05) is 60.7 Å². The van der Waals surface area contributed by atoms with Crippen molar-refractivity contribution in [2.75, 3.05) is 7.11 Å². The molecule has 0 radical (unpaired) electrons. The molecule has 1 aromatic heterocycles. The molecule has 0 atom stereocenters. The van der Waals surface area contributed by atoms with Gasteiger partial charge in [-0.3, -0.25) is 0 Å². The van der Waals surface area contributed by atoms with E-state index in [0.717, 1.165) is 33.8 Å². The van der Waals surface area contributed by atoms with Gasteiger partial charge in [0.25, 0.3) is 0 Å². The normalized spacial score (nSPS) is 10.6. The summed E-state index contributed by atoms with van der Waals surface area (Å²) in [6.07, 6.45) is 1.84. The van der Waals surface area contributed by atoms with Crippen LogP contribution >= 0.6 is 0 Å². The lowest BCUT2D eigenvalue weighted by atomic mass is 10.0. The zero-order valence-corrected chi connectivity index (χ0v) is 14.0. The first kappa shape index (κ1) is 15.2. The number of rotatable bonds is 4. The van der Waals surface area contributed by atoms with Crippen LogP contribution in [0.1, 0.15) is 0 Å². The van der Waals surface area contributed by atoms with E-state index < -0.39 is 0 Å². The van der Waals surface area contributed by atoms with Crippen LogP contribution in [0.15, 0.2) is 91.1 Å². The van der Waals surface area contributed by atoms with Crippen molar-refractivity contribution in [1.29, 1.82) is 0 Å². The van der Waals surface area contributed by atoms with Crippen molar-refractivity contribution in [3.63, 3.8) is 0 Å². The molecule has 0 saturated carbocycles. The summed E-state index contributed by atoms with van der Waals surface area (Å²) in [4.78, 5) is 0. The van der Waals surface area contributed by atoms with Gasteiger partial charge >= 0.3 is 0 Å². The third-order valence-corrected chi connectivity index (χ3v) is 4.25. The Morgan fingerprint density at radius 2 is 1.44 bits per heavy atom. The number of benzene rings is 3. The van der Waals surface area contributed by atoms with Gasteiger partial charge in [-0.25, -0.2) is 4.68 Å². The second kappa shape index (κ2) is 6.65. The van der Waals surface area contributed by atoms with Crippen molar-refractivity contribution < 1.29 is 4.74 Å². The van der Waals surface area contributed by atoms with Gasteiger partial charge in [0.2, 0.25) is 0 Å². The fourth-order valence-corrected chi connectivity index (χ4v) is 3.00. The van der Waals surface area contributed by atoms with Crippen LogP contribution in [-0.2, 0) is 0 Å². The van der Waals surface area contributed by atoms with Crippen LogP contribution in [0.4, 0.5) is 0 Å². The molecule has 122 valence electrons. The summed E-state index contributed by atoms with van der Waals surface area (Å²) in [6, 6.07) is 28.8. The molecule has 1 heterocycles. The highest BCUT2D eigenvalue weighted by Gasteiger charge is 2.12. The molecule has 0 saturated heterocycles. The Morgan fingerprint density at radius 3 is 2.20 bits per heavy atom. The standard InChI is InChI=1S/C22H18N2O/c1-25-19-13-11-17(12-14-19)20-9-5-6-10-22(20)24-21(15-16-23-24)18-7-3-2-4-8-18/h2-16H,1H3. The highest BCUT2D eigenvalue weighted by molar-refractivity contribution is 5.75. The van der Waals surface area contributed by atoms with Crippen molar-refractivity contribution in [3.05, 3.63) is 91.1 Å². The third-order valence-electron chi connectivity index (χ3n) is 4.25. The number of para-hydroxylation sites is 1. The molecular formula is C22H18N2O. The van der Waals surface area contributed by atoms with Crippen LogP contribution in [0.2, 0.25) is 0 Å². The lowest BCUT2D eigenvalue weighted by molar-refractivity contribution is 0.415. The molecule has 0 fully saturated rings. The molecule has 0 N–H and O–H groups in total. The van der Waals surface area contributed by atoms with Crippen LogP contribution in [0, 0.1) is 0 Å². The van der Waals surface area contributed by atoms with Crippen LogP contribution < -0.4 is 4.74 Å². The summed E-state index contributed by atoms with van der Waals surface area (Å²) in [5.41, 5.74) is 5.53. The van der Waals surface area contributed by atoms with E-state index in [4.69, 9.17) is 4.74 Å². The van der Waals surface area contributed by atoms with Gasteiger partial charge in [-0.05, 0) is 29.8 Å². The largest absolute Gasteiger partial charge is 0.497 e. The molecule has 0 bridgehead atoms. The Kier molecular flexibility index (Phi) is 4.05. The summed E-state index contributed by atoms with van der Waals surface area (Å²) >= 11 is 0. The summed E-state index contributed by atoms with van der Waals surface area (Å²) in [7, 11) is 1.68. The van der Waals surface area contributed by atoms with E-state index in [9.17, 15) is 0 Å². The highest BCUT2D eigenvalue weighted by Crippen LogP contribution is 2.31. The minimum absolute atomic E-state index is 0.852. The molecule has 0 amide bonds. The number of hydrogen-bond acceptors (Lipinski definition) is 2. The monoisotopic (exact) mass is 326 g/mol. The molecule has 3 heteroatoms. The van der Waals surface area contributed by atoms with Gasteiger partial charge in [0.15, 0.2) is 0 Å². The van der Waals surface area contributed by atoms with Crippen molar-refractivity contribution in [3.8, 4) is 33.8 Å². The van der Waals surface area contributed by atoms with Gasteiger partial charge < -0.3 is 4.74 Å². The summed E-state index contributed by atoms with van der Waals surface area (Å²) in [5, 5.41) is 4.57. The van der Waals surface area contributed by atoms with E-state index in [2.05, 4.69) is 47.6 Å². The molecule has 25 heavy (non-hydrogen) atoms. The van der Waals surface area contributed by atoms with Crippen molar-refractivity contribution in [2.24, 2.45) is 0 Å². The van der Waals surface area contributed by atoms with Gasteiger partial charge in [-0.2, -0.15) is 5.10 Å². The average Bonchev–Trinajstić information content (AvgIpc) is 3.18. The Bertz CT molecular complexity index is 972.